The van der Waals surface area contributed by atoms with Gasteiger partial charge in [0.05, 0.1) is 12.5 Å². The van der Waals surface area contributed by atoms with Crippen LogP contribution in [0, 0.1) is 0 Å². The number of benzene rings is 3. The van der Waals surface area contributed by atoms with Crippen molar-refractivity contribution in [2.75, 3.05) is 0 Å². The van der Waals surface area contributed by atoms with E-state index in [2.05, 4.69) is 38.1 Å². The molecule has 0 saturated heterocycles. The molecule has 2 atom stereocenters. The van der Waals surface area contributed by atoms with Crippen LogP contribution in [0.4, 0.5) is 0 Å². The highest BCUT2D eigenvalue weighted by Crippen LogP contribution is 2.47. The monoisotopic (exact) mass is 596 g/mol. The zero-order valence-corrected chi connectivity index (χ0v) is 25.6. The second-order valence-electron chi connectivity index (χ2n) is 12.0. The summed E-state index contributed by atoms with van der Waals surface area (Å²) in [7, 11) is 0. The fourth-order valence-electron chi connectivity index (χ4n) is 5.77. The molecule has 3 aromatic carbocycles. The third-order valence-electron chi connectivity index (χ3n) is 8.31. The number of phenols is 1. The third-order valence-corrected chi connectivity index (χ3v) is 8.31. The molecule has 0 bridgehead atoms. The maximum Gasteiger partial charge on any atom is 0.342 e. The summed E-state index contributed by atoms with van der Waals surface area (Å²) in [5.74, 6) is -0.280. The number of ketones is 1. The molecule has 5 rings (SSSR count). The van der Waals surface area contributed by atoms with Crippen LogP contribution in [0.1, 0.15) is 116 Å². The predicted octanol–water partition coefficient (Wildman–Crippen LogP) is 8.02. The smallest absolute Gasteiger partial charge is 0.342 e. The van der Waals surface area contributed by atoms with Crippen LogP contribution in [0.15, 0.2) is 60.7 Å². The number of ether oxygens (including phenoxy) is 3. The zero-order chi connectivity index (χ0) is 31.2. The Labute approximate surface area is 258 Å². The van der Waals surface area contributed by atoms with Gasteiger partial charge in [0.2, 0.25) is 0 Å². The van der Waals surface area contributed by atoms with Crippen LogP contribution in [0.5, 0.6) is 17.2 Å². The van der Waals surface area contributed by atoms with Crippen molar-refractivity contribution in [3.8, 4) is 17.2 Å². The molecule has 0 amide bonds. The quantitative estimate of drug-likeness (QED) is 0.235. The Balaban J connectivity index is 1.42. The number of carbonyl (C=O) groups is 3. The fraction of sp³-hybridized carbons (Fsp3) is 0.378. The summed E-state index contributed by atoms with van der Waals surface area (Å²) in [5, 5.41) is 11.6. The second-order valence-corrected chi connectivity index (χ2v) is 12.0. The van der Waals surface area contributed by atoms with Crippen LogP contribution < -0.4 is 9.47 Å². The summed E-state index contributed by atoms with van der Waals surface area (Å²) in [6, 6.07) is 17.4. The minimum atomic E-state index is -0.651. The Morgan fingerprint density at radius 2 is 1.70 bits per heavy atom. The van der Waals surface area contributed by atoms with E-state index in [1.807, 2.05) is 30.3 Å². The average molecular weight is 597 g/mol. The molecule has 0 unspecified atom stereocenters. The first-order valence-corrected chi connectivity index (χ1v) is 15.5. The molecular weight excluding hydrogens is 556 g/mol. The van der Waals surface area contributed by atoms with Gasteiger partial charge in [-0.25, -0.2) is 4.79 Å². The average Bonchev–Trinajstić information content (AvgIpc) is 2.99. The van der Waals surface area contributed by atoms with Gasteiger partial charge in [-0.3, -0.25) is 9.59 Å². The second kappa shape index (κ2) is 13.9. The topological polar surface area (TPSA) is 99.1 Å². The number of phenolic OH excluding ortho intramolecular Hbond substituents is 1. The predicted molar refractivity (Wildman–Crippen MR) is 168 cm³/mol. The minimum absolute atomic E-state index is 0.0110. The summed E-state index contributed by atoms with van der Waals surface area (Å²) in [5.41, 5.74) is 3.96. The number of aromatic hydroxyl groups is 1. The molecule has 230 valence electrons. The molecule has 0 fully saturated rings. The van der Waals surface area contributed by atoms with Crippen molar-refractivity contribution in [3.05, 3.63) is 94.1 Å². The summed E-state index contributed by atoms with van der Waals surface area (Å²) in [4.78, 5) is 38.3. The van der Waals surface area contributed by atoms with Crippen molar-refractivity contribution >= 4 is 23.8 Å². The summed E-state index contributed by atoms with van der Waals surface area (Å²) >= 11 is 0. The Bertz CT molecular complexity index is 1530. The Hall–Kier alpha value is -4.39. The highest BCUT2D eigenvalue weighted by molar-refractivity contribution is 5.98. The van der Waals surface area contributed by atoms with E-state index in [1.54, 1.807) is 19.1 Å². The lowest BCUT2D eigenvalue weighted by Crippen LogP contribution is -2.23. The number of hydrogen-bond acceptors (Lipinski definition) is 7. The Morgan fingerprint density at radius 1 is 0.977 bits per heavy atom. The molecule has 7 nitrogen and oxygen atoms in total. The lowest BCUT2D eigenvalue weighted by molar-refractivity contribution is -0.135. The van der Waals surface area contributed by atoms with Gasteiger partial charge in [-0.05, 0) is 79.0 Å². The van der Waals surface area contributed by atoms with E-state index in [4.69, 9.17) is 14.2 Å². The van der Waals surface area contributed by atoms with E-state index in [-0.39, 0.29) is 29.3 Å². The lowest BCUT2D eigenvalue weighted by Gasteiger charge is -2.28. The first-order valence-electron chi connectivity index (χ1n) is 15.5. The normalized spacial score (nSPS) is 19.4. The number of Topliss-reactive ketones (excluding diaryl/α,β-unsaturated/α-hetero) is 1. The molecule has 1 N–H and O–H groups in total. The number of allylic oxidation sites excluding steroid dienone is 1. The first-order chi connectivity index (χ1) is 21.2. The van der Waals surface area contributed by atoms with E-state index in [0.29, 0.717) is 67.9 Å². The summed E-state index contributed by atoms with van der Waals surface area (Å²) in [6.07, 6.45) is 6.63. The van der Waals surface area contributed by atoms with E-state index in [1.165, 1.54) is 5.56 Å². The Kier molecular flexibility index (Phi) is 9.83. The highest BCUT2D eigenvalue weighted by atomic mass is 16.5. The molecule has 0 aromatic heterocycles. The SMILES string of the molecule is CC(C)c1ccc(COc2ccc([C@H]3CC(=O)Oc4cc5c(c(O)c43)C(=O)O[C@H](C)CCCC(=O)CCCC=C5)cc2)cc1. The molecule has 0 saturated carbocycles. The van der Waals surface area contributed by atoms with Crippen molar-refractivity contribution in [1.29, 1.82) is 0 Å². The van der Waals surface area contributed by atoms with Crippen molar-refractivity contribution in [1.82, 2.24) is 0 Å². The van der Waals surface area contributed by atoms with Gasteiger partial charge in [-0.1, -0.05) is 62.4 Å². The minimum Gasteiger partial charge on any atom is -0.507 e. The summed E-state index contributed by atoms with van der Waals surface area (Å²) in [6.45, 7) is 6.53. The molecule has 2 aliphatic rings. The Morgan fingerprint density at radius 3 is 2.43 bits per heavy atom. The standard InChI is InChI=1S/C37H40O7/c1-23(2)26-14-12-25(13-15-26)22-42-30-18-16-27(17-19-30)31-21-33(39)44-32-20-28-9-5-4-6-10-29(38)11-7-8-24(3)43-37(41)34(28)36(40)35(31)32/h5,9,12-20,23-24,31,40H,4,6-8,10-11,21-22H2,1-3H3/t24-,31-/m1/s1. The molecule has 7 heteroatoms. The van der Waals surface area contributed by atoms with Crippen LogP contribution in [-0.4, -0.2) is 28.9 Å². The van der Waals surface area contributed by atoms with Crippen molar-refractivity contribution in [2.45, 2.75) is 90.3 Å². The summed E-state index contributed by atoms with van der Waals surface area (Å²) < 4.78 is 17.3. The highest BCUT2D eigenvalue weighted by Gasteiger charge is 2.35. The van der Waals surface area contributed by atoms with Crippen LogP contribution >= 0.6 is 0 Å². The lowest BCUT2D eigenvalue weighted by atomic mass is 9.83. The molecule has 2 heterocycles. The molecule has 44 heavy (non-hydrogen) atoms. The maximum atomic E-state index is 13.4. The van der Waals surface area contributed by atoms with Gasteiger partial charge >= 0.3 is 11.9 Å². The van der Waals surface area contributed by atoms with Gasteiger partial charge in [0.1, 0.15) is 35.2 Å². The van der Waals surface area contributed by atoms with E-state index in [9.17, 15) is 19.5 Å². The van der Waals surface area contributed by atoms with Crippen molar-refractivity contribution in [3.63, 3.8) is 0 Å². The van der Waals surface area contributed by atoms with Crippen LogP contribution in [0.2, 0.25) is 0 Å². The number of esters is 2. The first kappa shape index (κ1) is 31.0. The van der Waals surface area contributed by atoms with Crippen molar-refractivity contribution in [2.24, 2.45) is 0 Å². The molecule has 0 spiro atoms. The molecular formula is C37H40O7. The van der Waals surface area contributed by atoms with E-state index < -0.39 is 24.0 Å². The van der Waals surface area contributed by atoms with Gasteiger partial charge in [0.15, 0.2) is 0 Å². The van der Waals surface area contributed by atoms with E-state index >= 15 is 0 Å². The number of rotatable bonds is 5. The van der Waals surface area contributed by atoms with Gasteiger partial charge in [0, 0.05) is 24.3 Å². The van der Waals surface area contributed by atoms with Gasteiger partial charge < -0.3 is 19.3 Å². The van der Waals surface area contributed by atoms with Gasteiger partial charge in [-0.15, -0.1) is 0 Å². The third kappa shape index (κ3) is 7.39. The van der Waals surface area contributed by atoms with Crippen LogP contribution in [0.25, 0.3) is 6.08 Å². The largest absolute Gasteiger partial charge is 0.507 e. The number of fused-ring (bicyclic) bond motifs is 2. The number of hydrogen-bond donors (Lipinski definition) is 1. The maximum absolute atomic E-state index is 13.4. The van der Waals surface area contributed by atoms with Gasteiger partial charge in [-0.2, -0.15) is 0 Å². The number of carbonyl (C=O) groups excluding carboxylic acids is 3. The molecule has 2 aliphatic heterocycles. The van der Waals surface area contributed by atoms with Crippen LogP contribution in [-0.2, 0) is 20.9 Å². The fourth-order valence-corrected chi connectivity index (χ4v) is 5.77. The molecule has 3 aromatic rings. The molecule has 0 aliphatic carbocycles. The number of cyclic esters (lactones) is 1. The van der Waals surface area contributed by atoms with Crippen LogP contribution in [0.3, 0.4) is 0 Å². The van der Waals surface area contributed by atoms with Crippen molar-refractivity contribution < 1.29 is 33.7 Å². The zero-order valence-electron chi connectivity index (χ0n) is 25.6. The van der Waals surface area contributed by atoms with Gasteiger partial charge in [0.25, 0.3) is 0 Å². The van der Waals surface area contributed by atoms with E-state index in [0.717, 1.165) is 11.1 Å². The molecule has 0 radical (unpaired) electrons.